The number of hydrogen-bond acceptors (Lipinski definition) is 6. The molecule has 11 nitrogen and oxygen atoms in total. The molecule has 0 aliphatic carbocycles. The second kappa shape index (κ2) is 13.5. The van der Waals surface area contributed by atoms with Gasteiger partial charge in [0.2, 0.25) is 6.17 Å². The molecule has 0 fully saturated rings. The fraction of sp³-hybridized carbons (Fsp3) is 0.118. The number of aryl methyl sites for hydroxylation is 1. The Balaban J connectivity index is 1.46. The summed E-state index contributed by atoms with van der Waals surface area (Å²) in [6.07, 6.45) is -1.42. The number of carboxylic acids is 1. The summed E-state index contributed by atoms with van der Waals surface area (Å²) in [6, 6.07) is 28.5. The number of benzodiazepines with no additional fused rings is 1. The molecule has 4 amide bonds. The molecule has 1 aliphatic rings. The van der Waals surface area contributed by atoms with E-state index < -0.39 is 36.5 Å². The molecule has 4 aromatic carbocycles. The Hall–Kier alpha value is -6.10. The second-order valence-electron chi connectivity index (χ2n) is 10.2. The van der Waals surface area contributed by atoms with Crippen LogP contribution in [0.1, 0.15) is 37.4 Å². The van der Waals surface area contributed by atoms with E-state index in [2.05, 4.69) is 16.0 Å². The van der Waals surface area contributed by atoms with E-state index in [1.165, 1.54) is 29.2 Å². The average molecular weight is 604 g/mol. The highest BCUT2D eigenvalue weighted by Crippen LogP contribution is 2.29. The minimum absolute atomic E-state index is 0.125. The van der Waals surface area contributed by atoms with E-state index in [9.17, 15) is 24.0 Å². The van der Waals surface area contributed by atoms with E-state index in [-0.39, 0.29) is 23.6 Å². The van der Waals surface area contributed by atoms with Crippen molar-refractivity contribution in [1.29, 1.82) is 0 Å². The second-order valence-corrected chi connectivity index (χ2v) is 10.2. The van der Waals surface area contributed by atoms with Crippen LogP contribution >= 0.6 is 0 Å². The van der Waals surface area contributed by atoms with Crippen LogP contribution in [0.4, 0.5) is 16.2 Å². The highest BCUT2D eigenvalue weighted by molar-refractivity contribution is 6.21. The van der Waals surface area contributed by atoms with Gasteiger partial charge in [-0.1, -0.05) is 78.9 Å². The topological polar surface area (TPSA) is 157 Å². The van der Waals surface area contributed by atoms with Crippen molar-refractivity contribution in [3.05, 3.63) is 131 Å². The summed E-state index contributed by atoms with van der Waals surface area (Å²) in [5, 5.41) is 16.3. The first-order valence-electron chi connectivity index (χ1n) is 14.0. The van der Waals surface area contributed by atoms with Crippen LogP contribution in [0.3, 0.4) is 0 Å². The number of Topliss-reactive ketones (excluding diaryl/α,β-unsaturated/α-hetero) is 1. The van der Waals surface area contributed by atoms with Crippen molar-refractivity contribution >= 4 is 46.7 Å². The van der Waals surface area contributed by atoms with Crippen molar-refractivity contribution in [3.8, 4) is 0 Å². The Morgan fingerprint density at radius 2 is 1.58 bits per heavy atom. The van der Waals surface area contributed by atoms with Gasteiger partial charge in [-0.15, -0.1) is 0 Å². The number of aliphatic carboxylic acids is 1. The molecule has 1 atom stereocenters. The summed E-state index contributed by atoms with van der Waals surface area (Å²) in [5.41, 5.74) is 3.83. The third kappa shape index (κ3) is 7.11. The van der Waals surface area contributed by atoms with Crippen molar-refractivity contribution in [2.75, 3.05) is 23.3 Å². The molecule has 0 radical (unpaired) electrons. The first-order valence-corrected chi connectivity index (χ1v) is 14.0. The summed E-state index contributed by atoms with van der Waals surface area (Å²) in [7, 11) is 0. The third-order valence-electron chi connectivity index (χ3n) is 7.05. The van der Waals surface area contributed by atoms with Gasteiger partial charge in [-0.25, -0.2) is 9.79 Å². The summed E-state index contributed by atoms with van der Waals surface area (Å²) < 4.78 is 0. The molecule has 0 spiro atoms. The van der Waals surface area contributed by atoms with Crippen molar-refractivity contribution in [2.24, 2.45) is 4.99 Å². The third-order valence-corrected chi connectivity index (χ3v) is 7.05. The standard InChI is InChI=1S/C34H29N5O6/c1-21-10-5-6-15-25(21)28(40)20-39-27-17-8-7-16-26(27)30(22-11-3-2-4-12-22)37-31(33(39)44)38-34(45)36-24-14-9-13-23(18-24)32(43)35-19-29(41)42/h2-18,31H,19-20H2,1H3,(H,35,43)(H,41,42)(H2,36,38,45). The fourth-order valence-corrected chi connectivity index (χ4v) is 4.91. The fourth-order valence-electron chi connectivity index (χ4n) is 4.91. The van der Waals surface area contributed by atoms with E-state index in [1.54, 1.807) is 24.3 Å². The number of carbonyl (C=O) groups is 5. The molecule has 1 unspecified atom stereocenters. The molecule has 226 valence electrons. The van der Waals surface area contributed by atoms with E-state index >= 15 is 0 Å². The lowest BCUT2D eigenvalue weighted by Crippen LogP contribution is -2.50. The van der Waals surface area contributed by atoms with Crippen LogP contribution in [0.2, 0.25) is 0 Å². The van der Waals surface area contributed by atoms with Gasteiger partial charge in [0, 0.05) is 27.9 Å². The highest BCUT2D eigenvalue weighted by Gasteiger charge is 2.34. The lowest BCUT2D eigenvalue weighted by molar-refractivity contribution is -0.135. The number of fused-ring (bicyclic) bond motifs is 1. The number of anilines is 2. The number of nitrogens with zero attached hydrogens (tertiary/aromatic N) is 2. The van der Waals surface area contributed by atoms with Crippen LogP contribution in [-0.2, 0) is 9.59 Å². The molecule has 4 N–H and O–H groups in total. The van der Waals surface area contributed by atoms with Crippen LogP contribution in [-0.4, -0.2) is 59.7 Å². The lowest BCUT2D eigenvalue weighted by Gasteiger charge is -2.25. The molecule has 45 heavy (non-hydrogen) atoms. The molecule has 5 rings (SSSR count). The number of hydrogen-bond donors (Lipinski definition) is 4. The predicted octanol–water partition coefficient (Wildman–Crippen LogP) is 4.02. The molecule has 0 aromatic heterocycles. The Bertz CT molecular complexity index is 1820. The van der Waals surface area contributed by atoms with Crippen molar-refractivity contribution in [1.82, 2.24) is 10.6 Å². The van der Waals surface area contributed by atoms with Crippen molar-refractivity contribution in [2.45, 2.75) is 13.1 Å². The zero-order chi connectivity index (χ0) is 31.9. The SMILES string of the molecule is Cc1ccccc1C(=O)CN1C(=O)C(NC(=O)Nc2cccc(C(=O)NCC(=O)O)c2)N=C(c2ccccc2)c2ccccc21. The number of carbonyl (C=O) groups excluding carboxylic acids is 4. The molecule has 0 saturated carbocycles. The first-order chi connectivity index (χ1) is 21.7. The van der Waals surface area contributed by atoms with Gasteiger partial charge in [0.25, 0.3) is 11.8 Å². The molecule has 1 heterocycles. The van der Waals surface area contributed by atoms with Gasteiger partial charge in [-0.05, 0) is 36.8 Å². The number of nitrogens with one attached hydrogen (secondary N) is 3. The van der Waals surface area contributed by atoms with Crippen LogP contribution in [0.5, 0.6) is 0 Å². The minimum atomic E-state index is -1.42. The Morgan fingerprint density at radius 1 is 0.867 bits per heavy atom. The van der Waals surface area contributed by atoms with Crippen LogP contribution < -0.4 is 20.9 Å². The van der Waals surface area contributed by atoms with Gasteiger partial charge >= 0.3 is 12.0 Å². The van der Waals surface area contributed by atoms with Gasteiger partial charge in [0.15, 0.2) is 5.78 Å². The average Bonchev–Trinajstić information content (AvgIpc) is 3.15. The number of benzene rings is 4. The molecular weight excluding hydrogens is 574 g/mol. The number of rotatable bonds is 9. The maximum Gasteiger partial charge on any atom is 0.322 e. The molecular formula is C34H29N5O6. The number of urea groups is 1. The molecule has 1 aliphatic heterocycles. The number of ketones is 1. The lowest BCUT2D eigenvalue weighted by atomic mass is 9.99. The number of aliphatic imine (C=N–C) groups is 1. The van der Waals surface area contributed by atoms with Crippen LogP contribution in [0.25, 0.3) is 0 Å². The highest BCUT2D eigenvalue weighted by atomic mass is 16.4. The summed E-state index contributed by atoms with van der Waals surface area (Å²) in [6.45, 7) is 0.973. The Morgan fingerprint density at radius 3 is 2.33 bits per heavy atom. The smallest absolute Gasteiger partial charge is 0.322 e. The molecule has 4 aromatic rings. The van der Waals surface area contributed by atoms with Gasteiger partial charge in [0.1, 0.15) is 6.54 Å². The normalized spacial score (nSPS) is 14.0. The minimum Gasteiger partial charge on any atom is -0.480 e. The van der Waals surface area contributed by atoms with Gasteiger partial charge in [-0.3, -0.25) is 19.2 Å². The monoisotopic (exact) mass is 603 g/mol. The number of amides is 4. The zero-order valence-electron chi connectivity index (χ0n) is 24.2. The largest absolute Gasteiger partial charge is 0.480 e. The van der Waals surface area contributed by atoms with Gasteiger partial charge < -0.3 is 26.0 Å². The van der Waals surface area contributed by atoms with Gasteiger partial charge in [0.05, 0.1) is 17.9 Å². The van der Waals surface area contributed by atoms with Crippen LogP contribution in [0, 0.1) is 6.92 Å². The van der Waals surface area contributed by atoms with E-state index in [0.717, 1.165) is 5.56 Å². The van der Waals surface area contributed by atoms with Crippen molar-refractivity contribution < 1.29 is 29.1 Å². The van der Waals surface area contributed by atoms with Crippen molar-refractivity contribution in [3.63, 3.8) is 0 Å². The molecule has 11 heteroatoms. The summed E-state index contributed by atoms with van der Waals surface area (Å²) >= 11 is 0. The first kappa shape index (κ1) is 30.4. The maximum absolute atomic E-state index is 14.1. The zero-order valence-corrected chi connectivity index (χ0v) is 24.2. The summed E-state index contributed by atoms with van der Waals surface area (Å²) in [5.74, 6) is -2.73. The number of carboxylic acid groups (broad SMARTS) is 1. The summed E-state index contributed by atoms with van der Waals surface area (Å²) in [4.78, 5) is 70.0. The molecule has 0 bridgehead atoms. The number of para-hydroxylation sites is 1. The molecule has 0 saturated heterocycles. The van der Waals surface area contributed by atoms with Gasteiger partial charge in [-0.2, -0.15) is 0 Å². The Labute approximate surface area is 258 Å². The predicted molar refractivity (Wildman–Crippen MR) is 169 cm³/mol. The van der Waals surface area contributed by atoms with E-state index in [4.69, 9.17) is 10.1 Å². The van der Waals surface area contributed by atoms with E-state index in [1.807, 2.05) is 61.5 Å². The maximum atomic E-state index is 14.1. The Kier molecular flexibility index (Phi) is 9.09. The van der Waals surface area contributed by atoms with Crippen LogP contribution in [0.15, 0.2) is 108 Å². The van der Waals surface area contributed by atoms with E-state index in [0.29, 0.717) is 28.1 Å². The quantitative estimate of drug-likeness (QED) is 0.212.